The number of nitrogens with two attached hydrogens (primary N) is 1. The number of hydrogen-bond donors (Lipinski definition) is 2. The van der Waals surface area contributed by atoms with Crippen molar-refractivity contribution in [1.82, 2.24) is 4.31 Å². The molecule has 2 aromatic rings. The zero-order valence-electron chi connectivity index (χ0n) is 12.1. The molecule has 2 aromatic carbocycles. The average molecular weight is 305 g/mol. The van der Waals surface area contributed by atoms with Crippen molar-refractivity contribution in [2.24, 2.45) is 5.84 Å². The van der Waals surface area contributed by atoms with Crippen molar-refractivity contribution in [2.45, 2.75) is 18.4 Å². The molecular weight excluding hydrogens is 286 g/mol. The van der Waals surface area contributed by atoms with Gasteiger partial charge in [0, 0.05) is 19.3 Å². The van der Waals surface area contributed by atoms with E-state index < -0.39 is 10.0 Å². The van der Waals surface area contributed by atoms with Crippen LogP contribution in [0.1, 0.15) is 11.1 Å². The first kappa shape index (κ1) is 15.5. The van der Waals surface area contributed by atoms with E-state index in [0.29, 0.717) is 12.2 Å². The Kier molecular flexibility index (Phi) is 4.62. The molecule has 0 spiro atoms. The van der Waals surface area contributed by atoms with Gasteiger partial charge in [0.25, 0.3) is 0 Å². The number of hydrogen-bond acceptors (Lipinski definition) is 4. The van der Waals surface area contributed by atoms with E-state index in [2.05, 4.69) is 5.43 Å². The summed E-state index contributed by atoms with van der Waals surface area (Å²) < 4.78 is 26.3. The number of nitrogens with one attached hydrogen (secondary N) is 1. The van der Waals surface area contributed by atoms with Crippen LogP contribution >= 0.6 is 0 Å². The lowest BCUT2D eigenvalue weighted by Gasteiger charge is -2.17. The Balaban J connectivity index is 2.21. The SMILES string of the molecule is Cc1cccc(CN(C)S(=O)(=O)c2ccc(NN)cc2)c1. The van der Waals surface area contributed by atoms with Gasteiger partial charge in [-0.05, 0) is 36.8 Å². The molecule has 0 fully saturated rings. The molecule has 6 heteroatoms. The van der Waals surface area contributed by atoms with Crippen LogP contribution in [0.15, 0.2) is 53.4 Å². The Hall–Kier alpha value is -1.89. The van der Waals surface area contributed by atoms with Crippen molar-refractivity contribution in [2.75, 3.05) is 12.5 Å². The fourth-order valence-corrected chi connectivity index (χ4v) is 3.21. The standard InChI is InChI=1S/C15H19N3O2S/c1-12-4-3-5-13(10-12)11-18(2)21(19,20)15-8-6-14(17-16)7-9-15/h3-10,17H,11,16H2,1-2H3. The van der Waals surface area contributed by atoms with Gasteiger partial charge in [0.1, 0.15) is 0 Å². The minimum absolute atomic E-state index is 0.247. The summed E-state index contributed by atoms with van der Waals surface area (Å²) in [5.74, 6) is 5.28. The number of hydrazine groups is 1. The summed E-state index contributed by atoms with van der Waals surface area (Å²) in [5, 5.41) is 0. The third-order valence-electron chi connectivity index (χ3n) is 3.22. The number of rotatable bonds is 5. The maximum Gasteiger partial charge on any atom is 0.243 e. The summed E-state index contributed by atoms with van der Waals surface area (Å²) in [6.07, 6.45) is 0. The molecule has 0 aromatic heterocycles. The molecule has 0 aliphatic heterocycles. The number of aryl methyl sites for hydroxylation is 1. The third kappa shape index (κ3) is 3.60. The van der Waals surface area contributed by atoms with Crippen LogP contribution in [0.5, 0.6) is 0 Å². The minimum Gasteiger partial charge on any atom is -0.324 e. The van der Waals surface area contributed by atoms with Gasteiger partial charge in [-0.1, -0.05) is 29.8 Å². The van der Waals surface area contributed by atoms with Crippen LogP contribution in [0.25, 0.3) is 0 Å². The monoisotopic (exact) mass is 305 g/mol. The average Bonchev–Trinajstić information content (AvgIpc) is 2.47. The number of sulfonamides is 1. The Bertz CT molecular complexity index is 712. The fourth-order valence-electron chi connectivity index (χ4n) is 2.06. The van der Waals surface area contributed by atoms with Gasteiger partial charge >= 0.3 is 0 Å². The van der Waals surface area contributed by atoms with E-state index in [1.54, 1.807) is 19.2 Å². The zero-order chi connectivity index (χ0) is 15.5. The third-order valence-corrected chi connectivity index (χ3v) is 5.03. The first-order valence-corrected chi connectivity index (χ1v) is 7.96. The second-order valence-electron chi connectivity index (χ2n) is 4.92. The molecule has 0 amide bonds. The van der Waals surface area contributed by atoms with Crippen molar-refractivity contribution in [3.05, 3.63) is 59.7 Å². The molecule has 112 valence electrons. The van der Waals surface area contributed by atoms with Crippen molar-refractivity contribution < 1.29 is 8.42 Å². The molecule has 0 heterocycles. The molecule has 0 atom stereocenters. The summed E-state index contributed by atoms with van der Waals surface area (Å²) in [6.45, 7) is 2.32. The van der Waals surface area contributed by atoms with E-state index >= 15 is 0 Å². The highest BCUT2D eigenvalue weighted by Gasteiger charge is 2.20. The summed E-state index contributed by atoms with van der Waals surface area (Å²) >= 11 is 0. The Morgan fingerprint density at radius 1 is 1.14 bits per heavy atom. The second-order valence-corrected chi connectivity index (χ2v) is 6.96. The second kappa shape index (κ2) is 6.26. The fraction of sp³-hybridized carbons (Fsp3) is 0.200. The molecule has 0 aliphatic carbocycles. The molecule has 0 saturated carbocycles. The van der Waals surface area contributed by atoms with Gasteiger partial charge in [0.2, 0.25) is 10.0 Å². The van der Waals surface area contributed by atoms with Gasteiger partial charge in [-0.15, -0.1) is 0 Å². The molecule has 0 aliphatic rings. The lowest BCUT2D eigenvalue weighted by molar-refractivity contribution is 0.466. The summed E-state index contributed by atoms with van der Waals surface area (Å²) in [5.41, 5.74) is 5.20. The van der Waals surface area contributed by atoms with E-state index in [9.17, 15) is 8.42 Å². The number of anilines is 1. The van der Waals surface area contributed by atoms with Gasteiger partial charge < -0.3 is 5.43 Å². The van der Waals surface area contributed by atoms with Gasteiger partial charge in [0.15, 0.2) is 0 Å². The molecule has 21 heavy (non-hydrogen) atoms. The molecule has 2 rings (SSSR count). The summed E-state index contributed by atoms with van der Waals surface area (Å²) in [6, 6.07) is 14.1. The highest BCUT2D eigenvalue weighted by atomic mass is 32.2. The lowest BCUT2D eigenvalue weighted by Crippen LogP contribution is -2.26. The van der Waals surface area contributed by atoms with Crippen molar-refractivity contribution >= 4 is 15.7 Å². The zero-order valence-corrected chi connectivity index (χ0v) is 12.9. The first-order chi connectivity index (χ1) is 9.93. The number of nitrogen functional groups attached to an aromatic ring is 1. The van der Waals surface area contributed by atoms with Crippen LogP contribution in [0.4, 0.5) is 5.69 Å². The summed E-state index contributed by atoms with van der Waals surface area (Å²) in [4.78, 5) is 0.247. The Morgan fingerprint density at radius 3 is 2.38 bits per heavy atom. The number of benzene rings is 2. The predicted octanol–water partition coefficient (Wildman–Crippen LogP) is 2.10. The largest absolute Gasteiger partial charge is 0.324 e. The maximum atomic E-state index is 12.5. The topological polar surface area (TPSA) is 75.4 Å². The van der Waals surface area contributed by atoms with Gasteiger partial charge in [-0.3, -0.25) is 5.84 Å². The molecule has 5 nitrogen and oxygen atoms in total. The quantitative estimate of drug-likeness (QED) is 0.655. The van der Waals surface area contributed by atoms with E-state index in [1.807, 2.05) is 31.2 Å². The molecule has 0 bridgehead atoms. The Labute approximate surface area is 125 Å². The highest BCUT2D eigenvalue weighted by Crippen LogP contribution is 2.19. The predicted molar refractivity (Wildman–Crippen MR) is 84.1 cm³/mol. The van der Waals surface area contributed by atoms with Crippen LogP contribution in [0, 0.1) is 6.92 Å². The maximum absolute atomic E-state index is 12.5. The van der Waals surface area contributed by atoms with Crippen LogP contribution in [0.3, 0.4) is 0 Å². The van der Waals surface area contributed by atoms with Crippen molar-refractivity contribution in [1.29, 1.82) is 0 Å². The summed E-state index contributed by atoms with van der Waals surface area (Å²) in [7, 11) is -1.93. The first-order valence-electron chi connectivity index (χ1n) is 6.52. The minimum atomic E-state index is -3.51. The van der Waals surface area contributed by atoms with Crippen molar-refractivity contribution in [3.63, 3.8) is 0 Å². The van der Waals surface area contributed by atoms with Crippen LogP contribution < -0.4 is 11.3 Å². The molecule has 0 unspecified atom stereocenters. The van der Waals surface area contributed by atoms with Gasteiger partial charge in [-0.2, -0.15) is 4.31 Å². The lowest BCUT2D eigenvalue weighted by atomic mass is 10.1. The highest BCUT2D eigenvalue weighted by molar-refractivity contribution is 7.89. The normalized spacial score (nSPS) is 11.6. The van der Waals surface area contributed by atoms with Crippen LogP contribution in [-0.4, -0.2) is 19.8 Å². The molecule has 0 saturated heterocycles. The number of nitrogens with zero attached hydrogens (tertiary/aromatic N) is 1. The molecule has 0 radical (unpaired) electrons. The molecular formula is C15H19N3O2S. The van der Waals surface area contributed by atoms with E-state index in [1.165, 1.54) is 16.4 Å². The van der Waals surface area contributed by atoms with Gasteiger partial charge in [0.05, 0.1) is 4.90 Å². The smallest absolute Gasteiger partial charge is 0.243 e. The van der Waals surface area contributed by atoms with Crippen LogP contribution in [0.2, 0.25) is 0 Å². The van der Waals surface area contributed by atoms with Gasteiger partial charge in [-0.25, -0.2) is 8.42 Å². The van der Waals surface area contributed by atoms with E-state index in [4.69, 9.17) is 5.84 Å². The Morgan fingerprint density at radius 2 is 1.81 bits per heavy atom. The van der Waals surface area contributed by atoms with Crippen molar-refractivity contribution in [3.8, 4) is 0 Å². The van der Waals surface area contributed by atoms with E-state index in [-0.39, 0.29) is 4.90 Å². The van der Waals surface area contributed by atoms with E-state index in [0.717, 1.165) is 11.1 Å². The van der Waals surface area contributed by atoms with Crippen LogP contribution in [-0.2, 0) is 16.6 Å². The molecule has 3 N–H and O–H groups in total.